The maximum Gasteiger partial charge on any atom is 0.408 e. The third-order valence-electron chi connectivity index (χ3n) is 3.46. The molecule has 1 aromatic rings. The number of rotatable bonds is 2. The Balaban J connectivity index is 2.21. The number of benzene rings is 1. The van der Waals surface area contributed by atoms with E-state index in [0.29, 0.717) is 0 Å². The van der Waals surface area contributed by atoms with E-state index < -0.39 is 23.2 Å². The quantitative estimate of drug-likeness (QED) is 0.851. The zero-order chi connectivity index (χ0) is 15.7. The van der Waals surface area contributed by atoms with Gasteiger partial charge in [-0.15, -0.1) is 0 Å². The zero-order valence-corrected chi connectivity index (χ0v) is 12.8. The number of carbonyl (C=O) groups excluding carboxylic acids is 2. The van der Waals surface area contributed by atoms with Crippen molar-refractivity contribution in [2.75, 3.05) is 6.61 Å². The van der Waals surface area contributed by atoms with Crippen LogP contribution >= 0.6 is 0 Å². The first-order valence-electron chi connectivity index (χ1n) is 6.96. The number of ether oxygens (including phenoxy) is 2. The van der Waals surface area contributed by atoms with Crippen LogP contribution in [0.2, 0.25) is 0 Å². The van der Waals surface area contributed by atoms with Gasteiger partial charge in [-0.2, -0.15) is 0 Å². The molecule has 0 bridgehead atoms. The van der Waals surface area contributed by atoms with Gasteiger partial charge in [0, 0.05) is 0 Å². The van der Waals surface area contributed by atoms with Crippen molar-refractivity contribution < 1.29 is 19.1 Å². The number of amides is 1. The number of carbonyl (C=O) groups is 2. The van der Waals surface area contributed by atoms with E-state index in [-0.39, 0.29) is 12.5 Å². The Morgan fingerprint density at radius 3 is 2.52 bits per heavy atom. The lowest BCUT2D eigenvalue weighted by Crippen LogP contribution is -2.54. The van der Waals surface area contributed by atoms with Crippen molar-refractivity contribution >= 4 is 12.1 Å². The van der Waals surface area contributed by atoms with Gasteiger partial charge in [0.1, 0.15) is 17.7 Å². The van der Waals surface area contributed by atoms with Crippen LogP contribution in [-0.4, -0.2) is 29.8 Å². The van der Waals surface area contributed by atoms with Gasteiger partial charge in [-0.25, -0.2) is 9.59 Å². The van der Waals surface area contributed by atoms with Crippen molar-refractivity contribution in [1.29, 1.82) is 0 Å². The SMILES string of the molecule is CC(C)(C)OC(=O)N[C@]1(C)C(=O)OC[C@H]1c1ccccc1. The first-order valence-corrected chi connectivity index (χ1v) is 6.96. The van der Waals surface area contributed by atoms with Crippen LogP contribution in [-0.2, 0) is 14.3 Å². The van der Waals surface area contributed by atoms with E-state index >= 15 is 0 Å². The van der Waals surface area contributed by atoms with Gasteiger partial charge in [0.25, 0.3) is 0 Å². The highest BCUT2D eigenvalue weighted by molar-refractivity contribution is 5.88. The van der Waals surface area contributed by atoms with Crippen LogP contribution in [0.1, 0.15) is 39.2 Å². The summed E-state index contributed by atoms with van der Waals surface area (Å²) in [5, 5.41) is 2.67. The molecule has 1 aliphatic rings. The standard InChI is InChI=1S/C16H21NO4/c1-15(2,3)21-14(19)17-16(4)12(10-20-13(16)18)11-8-6-5-7-9-11/h5-9,12H,10H2,1-4H3,(H,17,19)/t12-,16-/m0/s1. The first-order chi connectivity index (χ1) is 9.72. The third-order valence-corrected chi connectivity index (χ3v) is 3.46. The van der Waals surface area contributed by atoms with Gasteiger partial charge in [0.2, 0.25) is 0 Å². The van der Waals surface area contributed by atoms with Crippen LogP contribution in [0.3, 0.4) is 0 Å². The number of hydrogen-bond acceptors (Lipinski definition) is 4. The number of alkyl carbamates (subject to hydrolysis) is 1. The summed E-state index contributed by atoms with van der Waals surface area (Å²) < 4.78 is 10.4. The molecule has 1 aromatic carbocycles. The van der Waals surface area contributed by atoms with Crippen LogP contribution in [0.25, 0.3) is 0 Å². The van der Waals surface area contributed by atoms with E-state index in [1.165, 1.54) is 0 Å². The molecule has 0 spiro atoms. The largest absolute Gasteiger partial charge is 0.463 e. The highest BCUT2D eigenvalue weighted by atomic mass is 16.6. The van der Waals surface area contributed by atoms with Gasteiger partial charge < -0.3 is 14.8 Å². The predicted octanol–water partition coefficient (Wildman–Crippen LogP) is 2.61. The Kier molecular flexibility index (Phi) is 3.94. The molecule has 5 heteroatoms. The molecule has 21 heavy (non-hydrogen) atoms. The normalized spacial score (nSPS) is 25.3. The average molecular weight is 291 g/mol. The van der Waals surface area contributed by atoms with E-state index in [4.69, 9.17) is 9.47 Å². The molecule has 1 saturated heterocycles. The fraction of sp³-hybridized carbons (Fsp3) is 0.500. The fourth-order valence-electron chi connectivity index (χ4n) is 2.39. The lowest BCUT2D eigenvalue weighted by molar-refractivity contribution is -0.142. The summed E-state index contributed by atoms with van der Waals surface area (Å²) in [5.41, 5.74) is -0.795. The zero-order valence-electron chi connectivity index (χ0n) is 12.8. The van der Waals surface area contributed by atoms with E-state index in [1.54, 1.807) is 27.7 Å². The number of hydrogen-bond donors (Lipinski definition) is 1. The Hall–Kier alpha value is -2.04. The Labute approximate surface area is 124 Å². The second-order valence-corrected chi connectivity index (χ2v) is 6.39. The summed E-state index contributed by atoms with van der Waals surface area (Å²) in [4.78, 5) is 24.1. The summed E-state index contributed by atoms with van der Waals surface area (Å²) >= 11 is 0. The Bertz CT molecular complexity index is 535. The van der Waals surface area contributed by atoms with Crippen molar-refractivity contribution in [3.8, 4) is 0 Å². The van der Waals surface area contributed by atoms with Crippen LogP contribution in [0.5, 0.6) is 0 Å². The van der Waals surface area contributed by atoms with Crippen LogP contribution < -0.4 is 5.32 Å². The van der Waals surface area contributed by atoms with E-state index in [1.807, 2.05) is 30.3 Å². The molecule has 2 atom stereocenters. The minimum atomic E-state index is -1.12. The highest BCUT2D eigenvalue weighted by Gasteiger charge is 2.51. The van der Waals surface area contributed by atoms with Crippen LogP contribution in [0.4, 0.5) is 4.79 Å². The highest BCUT2D eigenvalue weighted by Crippen LogP contribution is 2.35. The fourth-order valence-corrected chi connectivity index (χ4v) is 2.39. The molecule has 0 aromatic heterocycles. The van der Waals surface area contributed by atoms with Gasteiger partial charge in [-0.3, -0.25) is 0 Å². The molecule has 0 saturated carbocycles. The number of esters is 1. The number of nitrogens with one attached hydrogen (secondary N) is 1. The molecule has 0 unspecified atom stereocenters. The van der Waals surface area contributed by atoms with Gasteiger partial charge in [-0.1, -0.05) is 30.3 Å². The van der Waals surface area contributed by atoms with E-state index in [2.05, 4.69) is 5.32 Å². The number of cyclic esters (lactones) is 1. The Morgan fingerprint density at radius 1 is 1.33 bits per heavy atom. The van der Waals surface area contributed by atoms with Crippen molar-refractivity contribution in [2.45, 2.75) is 44.8 Å². The molecule has 1 N–H and O–H groups in total. The van der Waals surface area contributed by atoms with Crippen LogP contribution in [0, 0.1) is 0 Å². The van der Waals surface area contributed by atoms with Crippen LogP contribution in [0.15, 0.2) is 30.3 Å². The third kappa shape index (κ3) is 3.35. The van der Waals surface area contributed by atoms with E-state index in [9.17, 15) is 9.59 Å². The first kappa shape index (κ1) is 15.4. The van der Waals surface area contributed by atoms with E-state index in [0.717, 1.165) is 5.56 Å². The van der Waals surface area contributed by atoms with Gasteiger partial charge in [0.15, 0.2) is 0 Å². The molecule has 1 aliphatic heterocycles. The molecule has 5 nitrogen and oxygen atoms in total. The summed E-state index contributed by atoms with van der Waals surface area (Å²) in [6.07, 6.45) is -0.621. The molecular weight excluding hydrogens is 270 g/mol. The van der Waals surface area contributed by atoms with Gasteiger partial charge in [-0.05, 0) is 33.3 Å². The van der Waals surface area contributed by atoms with Crippen molar-refractivity contribution in [3.63, 3.8) is 0 Å². The topological polar surface area (TPSA) is 64.6 Å². The van der Waals surface area contributed by atoms with Crippen molar-refractivity contribution in [3.05, 3.63) is 35.9 Å². The maximum atomic E-state index is 12.1. The maximum absolute atomic E-state index is 12.1. The minimum Gasteiger partial charge on any atom is -0.463 e. The predicted molar refractivity (Wildman–Crippen MR) is 77.9 cm³/mol. The van der Waals surface area contributed by atoms with Gasteiger partial charge in [0.05, 0.1) is 5.92 Å². The second-order valence-electron chi connectivity index (χ2n) is 6.39. The molecule has 114 valence electrons. The lowest BCUT2D eigenvalue weighted by atomic mass is 9.83. The molecule has 1 amide bonds. The molecule has 1 heterocycles. The summed E-state index contributed by atoms with van der Waals surface area (Å²) in [5.74, 6) is -0.680. The molecular formula is C16H21NO4. The molecule has 0 aliphatic carbocycles. The molecule has 0 radical (unpaired) electrons. The minimum absolute atomic E-state index is 0.237. The Morgan fingerprint density at radius 2 is 1.95 bits per heavy atom. The van der Waals surface area contributed by atoms with Crippen molar-refractivity contribution in [2.24, 2.45) is 0 Å². The smallest absolute Gasteiger partial charge is 0.408 e. The molecule has 2 rings (SSSR count). The summed E-state index contributed by atoms with van der Waals surface area (Å²) in [6.45, 7) is 7.24. The summed E-state index contributed by atoms with van der Waals surface area (Å²) in [7, 11) is 0. The summed E-state index contributed by atoms with van der Waals surface area (Å²) in [6, 6.07) is 9.53. The molecule has 1 fully saturated rings. The lowest BCUT2D eigenvalue weighted by Gasteiger charge is -2.29. The second kappa shape index (κ2) is 5.39. The monoisotopic (exact) mass is 291 g/mol. The average Bonchev–Trinajstić information content (AvgIpc) is 2.64. The van der Waals surface area contributed by atoms with Gasteiger partial charge >= 0.3 is 12.1 Å². The van der Waals surface area contributed by atoms with Crippen molar-refractivity contribution in [1.82, 2.24) is 5.32 Å².